The van der Waals surface area contributed by atoms with Gasteiger partial charge in [0.05, 0.1) is 0 Å². The van der Waals surface area contributed by atoms with Crippen molar-refractivity contribution in [3.05, 3.63) is 70.6 Å². The summed E-state index contributed by atoms with van der Waals surface area (Å²) in [6.45, 7) is 7.10. The first-order valence-electron chi connectivity index (χ1n) is 12.3. The molecule has 1 aliphatic heterocycles. The van der Waals surface area contributed by atoms with Gasteiger partial charge in [-0.1, -0.05) is 69.3 Å². The largest absolute Gasteiger partial charge is 0.451 e. The molecule has 6 nitrogen and oxygen atoms in total. The van der Waals surface area contributed by atoms with Gasteiger partial charge in [-0.25, -0.2) is 4.79 Å². The highest BCUT2D eigenvalue weighted by Gasteiger charge is 2.53. The third kappa shape index (κ3) is 3.95. The van der Waals surface area contributed by atoms with E-state index in [4.69, 9.17) is 4.74 Å². The minimum absolute atomic E-state index is 0.0354. The van der Waals surface area contributed by atoms with Crippen LogP contribution in [0.1, 0.15) is 50.5 Å². The summed E-state index contributed by atoms with van der Waals surface area (Å²) in [6, 6.07) is 16.9. The number of carbonyl (C=O) groups is 2. The first-order chi connectivity index (χ1) is 16.6. The molecule has 1 aliphatic carbocycles. The molecule has 2 atom stereocenters. The predicted octanol–water partition coefficient (Wildman–Crippen LogP) is 4.79. The molecular weight excluding hydrogens is 440 g/mol. The van der Waals surface area contributed by atoms with Crippen molar-refractivity contribution in [3.63, 3.8) is 0 Å². The Kier molecular flexibility index (Phi) is 5.58. The average molecular weight is 473 g/mol. The molecule has 2 heterocycles. The van der Waals surface area contributed by atoms with E-state index >= 15 is 0 Å². The molecular formula is C29H32N2O4. The second-order valence-electron chi connectivity index (χ2n) is 11.1. The van der Waals surface area contributed by atoms with Gasteiger partial charge in [-0.05, 0) is 47.1 Å². The summed E-state index contributed by atoms with van der Waals surface area (Å²) in [7, 11) is 1.58. The van der Waals surface area contributed by atoms with Gasteiger partial charge in [0.15, 0.2) is 6.61 Å². The fourth-order valence-electron chi connectivity index (χ4n) is 6.48. The van der Waals surface area contributed by atoms with Gasteiger partial charge in [0, 0.05) is 30.6 Å². The van der Waals surface area contributed by atoms with Crippen LogP contribution in [0.15, 0.2) is 59.4 Å². The van der Waals surface area contributed by atoms with E-state index in [0.717, 1.165) is 24.8 Å². The van der Waals surface area contributed by atoms with Crippen molar-refractivity contribution in [2.45, 2.75) is 46.1 Å². The zero-order chi connectivity index (χ0) is 25.0. The first-order valence-corrected chi connectivity index (χ1v) is 12.3. The van der Waals surface area contributed by atoms with Crippen LogP contribution in [0, 0.1) is 10.8 Å². The second-order valence-corrected chi connectivity index (χ2v) is 11.1. The molecule has 5 rings (SSSR count). The summed E-state index contributed by atoms with van der Waals surface area (Å²) in [5, 5.41) is 1.21. The van der Waals surface area contributed by atoms with E-state index in [-0.39, 0.29) is 40.6 Å². The third-order valence-corrected chi connectivity index (χ3v) is 8.01. The Hall–Kier alpha value is -3.41. The Balaban J connectivity index is 1.46. The van der Waals surface area contributed by atoms with E-state index in [0.29, 0.717) is 22.9 Å². The lowest BCUT2D eigenvalue weighted by Gasteiger charge is -2.40. The van der Waals surface area contributed by atoms with Gasteiger partial charge in [-0.2, -0.15) is 0 Å². The summed E-state index contributed by atoms with van der Waals surface area (Å²) in [5.41, 5.74) is 1.62. The number of rotatable bonds is 4. The van der Waals surface area contributed by atoms with Crippen LogP contribution in [-0.2, 0) is 16.6 Å². The summed E-state index contributed by atoms with van der Waals surface area (Å²) in [4.78, 5) is 41.6. The lowest BCUT2D eigenvalue weighted by atomic mass is 9.81. The highest BCUT2D eigenvalue weighted by Crippen LogP contribution is 2.55. The first kappa shape index (κ1) is 23.3. The van der Waals surface area contributed by atoms with Gasteiger partial charge < -0.3 is 14.2 Å². The second kappa shape index (κ2) is 8.36. The van der Waals surface area contributed by atoms with Gasteiger partial charge in [-0.3, -0.25) is 9.59 Å². The molecule has 182 valence electrons. The summed E-state index contributed by atoms with van der Waals surface area (Å²) in [6.07, 6.45) is 3.04. The molecule has 1 saturated carbocycles. The highest BCUT2D eigenvalue weighted by molar-refractivity contribution is 6.07. The summed E-state index contributed by atoms with van der Waals surface area (Å²) < 4.78 is 6.94. The number of pyridine rings is 1. The molecule has 1 saturated heterocycles. The molecule has 2 aliphatic rings. The van der Waals surface area contributed by atoms with Crippen molar-refractivity contribution in [1.29, 1.82) is 0 Å². The van der Waals surface area contributed by atoms with Gasteiger partial charge >= 0.3 is 5.97 Å². The number of ether oxygens (including phenoxy) is 1. The van der Waals surface area contributed by atoms with Crippen molar-refractivity contribution in [3.8, 4) is 11.1 Å². The monoisotopic (exact) mass is 472 g/mol. The Labute approximate surface area is 205 Å². The number of aromatic nitrogens is 1. The Bertz CT molecular complexity index is 1370. The van der Waals surface area contributed by atoms with Crippen molar-refractivity contribution in [2.75, 3.05) is 13.2 Å². The van der Waals surface area contributed by atoms with Gasteiger partial charge in [0.1, 0.15) is 5.69 Å². The van der Waals surface area contributed by atoms with Gasteiger partial charge in [-0.15, -0.1) is 0 Å². The molecule has 0 spiro atoms. The Morgan fingerprint density at radius 2 is 1.66 bits per heavy atom. The molecule has 2 fully saturated rings. The van der Waals surface area contributed by atoms with E-state index in [1.165, 1.54) is 4.57 Å². The number of amides is 1. The van der Waals surface area contributed by atoms with Gasteiger partial charge in [0.2, 0.25) is 0 Å². The van der Waals surface area contributed by atoms with Crippen LogP contribution in [0.2, 0.25) is 0 Å². The molecule has 2 unspecified atom stereocenters. The average Bonchev–Trinajstić information content (AvgIpc) is 3.03. The van der Waals surface area contributed by atoms with Crippen LogP contribution in [0.3, 0.4) is 0 Å². The normalized spacial score (nSPS) is 22.9. The van der Waals surface area contributed by atoms with Crippen LogP contribution in [0.4, 0.5) is 0 Å². The smallest absolute Gasteiger partial charge is 0.356 e. The van der Waals surface area contributed by atoms with E-state index < -0.39 is 5.97 Å². The zero-order valence-electron chi connectivity index (χ0n) is 20.8. The predicted molar refractivity (Wildman–Crippen MR) is 136 cm³/mol. The molecule has 2 aromatic carbocycles. The molecule has 3 aromatic rings. The van der Waals surface area contributed by atoms with Crippen molar-refractivity contribution in [2.24, 2.45) is 17.9 Å². The van der Waals surface area contributed by atoms with Crippen LogP contribution in [0.5, 0.6) is 0 Å². The molecule has 0 N–H and O–H groups in total. The van der Waals surface area contributed by atoms with Crippen LogP contribution < -0.4 is 5.56 Å². The number of benzene rings is 2. The Morgan fingerprint density at radius 3 is 2.37 bits per heavy atom. The number of esters is 1. The van der Waals surface area contributed by atoms with Crippen molar-refractivity contribution < 1.29 is 14.3 Å². The maximum atomic E-state index is 13.4. The quantitative estimate of drug-likeness (QED) is 0.512. The van der Waals surface area contributed by atoms with Crippen molar-refractivity contribution in [1.82, 2.24) is 9.47 Å². The van der Waals surface area contributed by atoms with E-state index in [1.807, 2.05) is 53.4 Å². The topological polar surface area (TPSA) is 68.6 Å². The fraction of sp³-hybridized carbons (Fsp3) is 0.414. The standard InChI is InChI=1S/C29H32N2O4/c1-28(2)18-29(3)14-15-31(22(28)16-29)23(32)17-35-27(34)25-24(19-10-6-5-7-11-19)20-12-8-9-13-21(20)26(33)30(25)4/h5-13,22H,14-18H2,1-4H3. The Morgan fingerprint density at radius 1 is 1.00 bits per heavy atom. The number of nitrogens with zero attached hydrogens (tertiary/aromatic N) is 2. The van der Waals surface area contributed by atoms with Crippen LogP contribution in [0.25, 0.3) is 21.9 Å². The lowest BCUT2D eigenvalue weighted by molar-refractivity contribution is -0.140. The maximum absolute atomic E-state index is 13.4. The van der Waals surface area contributed by atoms with Crippen LogP contribution >= 0.6 is 0 Å². The highest BCUT2D eigenvalue weighted by atomic mass is 16.5. The van der Waals surface area contributed by atoms with Crippen LogP contribution in [-0.4, -0.2) is 40.5 Å². The molecule has 6 heteroatoms. The number of fused-ring (bicyclic) bond motifs is 3. The number of hydrogen-bond acceptors (Lipinski definition) is 4. The maximum Gasteiger partial charge on any atom is 0.356 e. The SMILES string of the molecule is Cn1c(C(=O)OCC(=O)N2CCC3(C)CC2C(C)(C)C3)c(-c2ccccc2)c2ccccc2c1=O. The lowest BCUT2D eigenvalue weighted by Crippen LogP contribution is -2.49. The number of carbonyl (C=O) groups excluding carboxylic acids is 2. The number of likely N-dealkylation sites (tertiary alicyclic amines) is 1. The zero-order valence-corrected chi connectivity index (χ0v) is 20.8. The third-order valence-electron chi connectivity index (χ3n) is 8.01. The molecule has 1 aromatic heterocycles. The van der Waals surface area contributed by atoms with E-state index in [2.05, 4.69) is 20.8 Å². The number of hydrogen-bond donors (Lipinski definition) is 0. The van der Waals surface area contributed by atoms with E-state index in [9.17, 15) is 14.4 Å². The van der Waals surface area contributed by atoms with Crippen molar-refractivity contribution >= 4 is 22.6 Å². The fourth-order valence-corrected chi connectivity index (χ4v) is 6.48. The number of piperidine rings is 1. The molecule has 0 radical (unpaired) electrons. The minimum Gasteiger partial charge on any atom is -0.451 e. The van der Waals surface area contributed by atoms with Gasteiger partial charge in [0.25, 0.3) is 11.5 Å². The van der Waals surface area contributed by atoms with E-state index in [1.54, 1.807) is 13.1 Å². The molecule has 2 bridgehead atoms. The summed E-state index contributed by atoms with van der Waals surface area (Å²) >= 11 is 0. The summed E-state index contributed by atoms with van der Waals surface area (Å²) in [5.74, 6) is -0.845. The molecule has 35 heavy (non-hydrogen) atoms. The molecule has 1 amide bonds. The minimum atomic E-state index is -0.671.